The number of carbonyl (C=O) groups is 1. The number of rotatable bonds is 3. The quantitative estimate of drug-likeness (QED) is 0.777. The van der Waals surface area contributed by atoms with Crippen LogP contribution in [0.3, 0.4) is 0 Å². The third-order valence-corrected chi connectivity index (χ3v) is 5.81. The summed E-state index contributed by atoms with van der Waals surface area (Å²) in [6, 6.07) is 5.80. The van der Waals surface area contributed by atoms with Crippen molar-refractivity contribution in [3.05, 3.63) is 57.0 Å². The maximum atomic E-state index is 13.3. The fourth-order valence-corrected chi connectivity index (χ4v) is 4.64. The summed E-state index contributed by atoms with van der Waals surface area (Å²) in [5.41, 5.74) is 0.241. The van der Waals surface area contributed by atoms with Crippen LogP contribution in [-0.2, 0) is 11.3 Å². The van der Waals surface area contributed by atoms with Crippen LogP contribution in [0.4, 0.5) is 13.2 Å². The molecule has 116 valence electrons. The van der Waals surface area contributed by atoms with Crippen LogP contribution in [0.25, 0.3) is 0 Å². The van der Waals surface area contributed by atoms with Gasteiger partial charge in [0, 0.05) is 16.3 Å². The predicted molar refractivity (Wildman–Crippen MR) is 81.1 cm³/mol. The Morgan fingerprint density at radius 2 is 1.91 bits per heavy atom. The van der Waals surface area contributed by atoms with Crippen molar-refractivity contribution in [2.75, 3.05) is 5.75 Å². The third-order valence-electron chi connectivity index (χ3n) is 3.37. The van der Waals surface area contributed by atoms with Gasteiger partial charge in [-0.15, -0.1) is 23.1 Å². The largest absolute Gasteiger partial charge is 0.321 e. The van der Waals surface area contributed by atoms with E-state index in [2.05, 4.69) is 0 Å². The second-order valence-electron chi connectivity index (χ2n) is 5.01. The minimum atomic E-state index is -1.49. The SMILES string of the molecule is Cc1ccc(C2SCC(=O)N2Cc2cc(F)c(F)c(F)c2)s1. The average Bonchev–Trinajstić information content (AvgIpc) is 3.03. The summed E-state index contributed by atoms with van der Waals surface area (Å²) >= 11 is 3.07. The highest BCUT2D eigenvalue weighted by Gasteiger charge is 2.33. The Morgan fingerprint density at radius 3 is 2.50 bits per heavy atom. The monoisotopic (exact) mass is 343 g/mol. The number of thioether (sulfide) groups is 1. The van der Waals surface area contributed by atoms with Crippen LogP contribution in [0.5, 0.6) is 0 Å². The molecule has 7 heteroatoms. The van der Waals surface area contributed by atoms with Crippen molar-refractivity contribution in [3.8, 4) is 0 Å². The van der Waals surface area contributed by atoms with Crippen LogP contribution in [-0.4, -0.2) is 16.6 Å². The Labute approximate surface area is 133 Å². The number of hydrogen-bond donors (Lipinski definition) is 0. The molecule has 1 saturated heterocycles. The summed E-state index contributed by atoms with van der Waals surface area (Å²) in [6.45, 7) is 2.03. The fourth-order valence-electron chi connectivity index (χ4n) is 2.34. The van der Waals surface area contributed by atoms with Gasteiger partial charge in [0.15, 0.2) is 17.5 Å². The Balaban J connectivity index is 1.87. The number of amides is 1. The molecule has 1 atom stereocenters. The summed E-state index contributed by atoms with van der Waals surface area (Å²) in [4.78, 5) is 15.8. The van der Waals surface area contributed by atoms with Gasteiger partial charge < -0.3 is 4.90 Å². The molecule has 1 fully saturated rings. The first-order valence-electron chi connectivity index (χ1n) is 6.56. The molecule has 2 nitrogen and oxygen atoms in total. The zero-order valence-electron chi connectivity index (χ0n) is 11.6. The molecule has 0 N–H and O–H groups in total. The van der Waals surface area contributed by atoms with Gasteiger partial charge in [-0.25, -0.2) is 13.2 Å². The van der Waals surface area contributed by atoms with Gasteiger partial charge in [0.2, 0.25) is 5.91 Å². The van der Waals surface area contributed by atoms with E-state index >= 15 is 0 Å². The van der Waals surface area contributed by atoms with Crippen molar-refractivity contribution >= 4 is 29.0 Å². The van der Waals surface area contributed by atoms with Crippen LogP contribution in [0, 0.1) is 24.4 Å². The van der Waals surface area contributed by atoms with Gasteiger partial charge >= 0.3 is 0 Å². The van der Waals surface area contributed by atoms with E-state index in [-0.39, 0.29) is 23.4 Å². The molecule has 1 aromatic carbocycles. The minimum absolute atomic E-state index is 0.0571. The van der Waals surface area contributed by atoms with Gasteiger partial charge in [0.25, 0.3) is 0 Å². The van der Waals surface area contributed by atoms with Gasteiger partial charge in [-0.2, -0.15) is 0 Å². The summed E-state index contributed by atoms with van der Waals surface area (Å²) in [5, 5.41) is -0.164. The van der Waals surface area contributed by atoms with Crippen molar-refractivity contribution in [1.29, 1.82) is 0 Å². The molecule has 0 saturated carbocycles. The van der Waals surface area contributed by atoms with E-state index in [1.807, 2.05) is 19.1 Å². The zero-order valence-corrected chi connectivity index (χ0v) is 13.2. The summed E-state index contributed by atoms with van der Waals surface area (Å²) in [6.07, 6.45) is 0. The number of carbonyl (C=O) groups excluding carboxylic acids is 1. The Hall–Kier alpha value is -1.47. The van der Waals surface area contributed by atoms with Gasteiger partial charge in [-0.05, 0) is 36.8 Å². The van der Waals surface area contributed by atoms with Crippen molar-refractivity contribution in [1.82, 2.24) is 4.90 Å². The van der Waals surface area contributed by atoms with Gasteiger partial charge in [-0.3, -0.25) is 4.79 Å². The van der Waals surface area contributed by atoms with Crippen LogP contribution in [0.1, 0.15) is 20.7 Å². The van der Waals surface area contributed by atoms with Crippen LogP contribution >= 0.6 is 23.1 Å². The van der Waals surface area contributed by atoms with E-state index in [1.165, 1.54) is 11.8 Å². The van der Waals surface area contributed by atoms with E-state index in [0.717, 1.165) is 21.9 Å². The van der Waals surface area contributed by atoms with E-state index in [9.17, 15) is 18.0 Å². The number of hydrogen-bond acceptors (Lipinski definition) is 3. The predicted octanol–water partition coefficient (Wildman–Crippen LogP) is 4.25. The Bertz CT molecular complexity index is 708. The van der Waals surface area contributed by atoms with Crippen LogP contribution < -0.4 is 0 Å². The molecule has 3 rings (SSSR count). The first kappa shape index (κ1) is 15.4. The standard InChI is InChI=1S/C15H12F3NOS2/c1-8-2-3-12(22-8)15-19(13(20)7-21-15)6-9-4-10(16)14(18)11(17)5-9/h2-5,15H,6-7H2,1H3. The van der Waals surface area contributed by atoms with Gasteiger partial charge in [-0.1, -0.05) is 0 Å². The second-order valence-corrected chi connectivity index (χ2v) is 7.39. The van der Waals surface area contributed by atoms with E-state index < -0.39 is 17.5 Å². The maximum Gasteiger partial charge on any atom is 0.234 e. The fraction of sp³-hybridized carbons (Fsp3) is 0.267. The molecule has 1 aromatic heterocycles. The second kappa shape index (κ2) is 5.96. The van der Waals surface area contributed by atoms with Crippen LogP contribution in [0.2, 0.25) is 0 Å². The maximum absolute atomic E-state index is 13.3. The molecule has 2 aromatic rings. The molecule has 1 amide bonds. The number of thiophene rings is 1. The van der Waals surface area contributed by atoms with Crippen molar-refractivity contribution in [3.63, 3.8) is 0 Å². The smallest absolute Gasteiger partial charge is 0.234 e. The molecule has 0 radical (unpaired) electrons. The van der Waals surface area contributed by atoms with E-state index in [0.29, 0.717) is 5.75 Å². The number of aryl methyl sites for hydroxylation is 1. The third kappa shape index (κ3) is 2.87. The molecular formula is C15H12F3NOS2. The summed E-state index contributed by atoms with van der Waals surface area (Å²) in [7, 11) is 0. The molecule has 0 spiro atoms. The first-order valence-corrected chi connectivity index (χ1v) is 8.43. The summed E-state index contributed by atoms with van der Waals surface area (Å²) in [5.74, 6) is -3.73. The van der Waals surface area contributed by atoms with Crippen LogP contribution in [0.15, 0.2) is 24.3 Å². The number of halogens is 3. The molecule has 0 aliphatic carbocycles. The molecule has 1 aliphatic rings. The Kier molecular flexibility index (Phi) is 4.18. The molecule has 1 aliphatic heterocycles. The van der Waals surface area contributed by atoms with Crippen molar-refractivity contribution < 1.29 is 18.0 Å². The average molecular weight is 343 g/mol. The molecule has 1 unspecified atom stereocenters. The highest BCUT2D eigenvalue weighted by atomic mass is 32.2. The Morgan fingerprint density at radius 1 is 1.23 bits per heavy atom. The highest BCUT2D eigenvalue weighted by molar-refractivity contribution is 8.00. The van der Waals surface area contributed by atoms with Gasteiger partial charge in [0.1, 0.15) is 5.37 Å². The zero-order chi connectivity index (χ0) is 15.9. The lowest BCUT2D eigenvalue weighted by molar-refractivity contribution is -0.128. The van der Waals surface area contributed by atoms with E-state index in [4.69, 9.17) is 0 Å². The molecule has 22 heavy (non-hydrogen) atoms. The van der Waals surface area contributed by atoms with E-state index in [1.54, 1.807) is 16.2 Å². The highest BCUT2D eigenvalue weighted by Crippen LogP contribution is 2.42. The lowest BCUT2D eigenvalue weighted by atomic mass is 10.2. The molecular weight excluding hydrogens is 331 g/mol. The first-order chi connectivity index (χ1) is 10.5. The van der Waals surface area contributed by atoms with Crippen molar-refractivity contribution in [2.45, 2.75) is 18.8 Å². The lowest BCUT2D eigenvalue weighted by Gasteiger charge is -2.23. The summed E-state index contributed by atoms with van der Waals surface area (Å²) < 4.78 is 39.6. The molecule has 2 heterocycles. The van der Waals surface area contributed by atoms with Gasteiger partial charge in [0.05, 0.1) is 5.75 Å². The topological polar surface area (TPSA) is 20.3 Å². The molecule has 0 bridgehead atoms. The normalized spacial score (nSPS) is 18.3. The lowest BCUT2D eigenvalue weighted by Crippen LogP contribution is -2.27. The number of nitrogens with zero attached hydrogens (tertiary/aromatic N) is 1. The minimum Gasteiger partial charge on any atom is -0.321 e. The van der Waals surface area contributed by atoms with Crippen molar-refractivity contribution in [2.24, 2.45) is 0 Å². The number of benzene rings is 1.